The number of alkyl carbamates (subject to hydrolysis) is 1. The summed E-state index contributed by atoms with van der Waals surface area (Å²) in [6.45, 7) is 8.69. The van der Waals surface area contributed by atoms with E-state index in [0.717, 1.165) is 0 Å². The first-order chi connectivity index (χ1) is 8.15. The predicted molar refractivity (Wildman–Crippen MR) is 66.3 cm³/mol. The van der Waals surface area contributed by atoms with Crippen molar-refractivity contribution in [3.05, 3.63) is 0 Å². The molecular formula is C12H23NO5. The van der Waals surface area contributed by atoms with Crippen molar-refractivity contribution in [1.29, 1.82) is 0 Å². The van der Waals surface area contributed by atoms with Crippen LogP contribution in [0.3, 0.4) is 0 Å². The molecule has 0 saturated carbocycles. The zero-order chi connectivity index (χ0) is 14.3. The van der Waals surface area contributed by atoms with Crippen LogP contribution in [-0.2, 0) is 19.0 Å². The Kier molecular flexibility index (Phi) is 6.68. The lowest BCUT2D eigenvalue weighted by atomic mass is 10.2. The Labute approximate surface area is 108 Å². The monoisotopic (exact) mass is 261 g/mol. The summed E-state index contributed by atoms with van der Waals surface area (Å²) in [7, 11) is 1.53. The molecule has 18 heavy (non-hydrogen) atoms. The molecule has 106 valence electrons. The van der Waals surface area contributed by atoms with E-state index in [1.165, 1.54) is 14.0 Å². The van der Waals surface area contributed by atoms with Crippen molar-refractivity contribution >= 4 is 12.1 Å². The quantitative estimate of drug-likeness (QED) is 0.759. The molecule has 0 rings (SSSR count). The Balaban J connectivity index is 4.04. The number of amides is 1. The summed E-state index contributed by atoms with van der Waals surface area (Å²) >= 11 is 0. The van der Waals surface area contributed by atoms with Gasteiger partial charge in [-0.05, 0) is 34.6 Å². The highest BCUT2D eigenvalue weighted by Gasteiger charge is 2.22. The van der Waals surface area contributed by atoms with Gasteiger partial charge in [0, 0.05) is 7.11 Å². The SMILES string of the molecule is CO[C@@H](C)COC(=O)[C@H](C)NC(=O)OC(C)(C)C. The summed E-state index contributed by atoms with van der Waals surface area (Å²) in [6, 6.07) is -0.760. The van der Waals surface area contributed by atoms with Crippen LogP contribution in [0.25, 0.3) is 0 Å². The van der Waals surface area contributed by atoms with E-state index in [1.54, 1.807) is 27.7 Å². The van der Waals surface area contributed by atoms with Crippen molar-refractivity contribution in [3.8, 4) is 0 Å². The Hall–Kier alpha value is -1.30. The van der Waals surface area contributed by atoms with Gasteiger partial charge in [-0.1, -0.05) is 0 Å². The van der Waals surface area contributed by atoms with Crippen molar-refractivity contribution in [3.63, 3.8) is 0 Å². The standard InChI is InChI=1S/C12H23NO5/c1-8(16-6)7-17-10(14)9(2)13-11(15)18-12(3,4)5/h8-9H,7H2,1-6H3,(H,13,15)/t8-,9-/m0/s1. The van der Waals surface area contributed by atoms with Crippen molar-refractivity contribution in [2.24, 2.45) is 0 Å². The van der Waals surface area contributed by atoms with Gasteiger partial charge in [-0.15, -0.1) is 0 Å². The summed E-state index contributed by atoms with van der Waals surface area (Å²) in [6.07, 6.45) is -0.825. The number of ether oxygens (including phenoxy) is 3. The molecule has 0 bridgehead atoms. The van der Waals surface area contributed by atoms with Crippen LogP contribution in [-0.4, -0.2) is 43.5 Å². The van der Waals surface area contributed by atoms with E-state index in [9.17, 15) is 9.59 Å². The first-order valence-electron chi connectivity index (χ1n) is 5.84. The summed E-state index contributed by atoms with van der Waals surface area (Å²) in [5, 5.41) is 2.40. The second-order valence-corrected chi connectivity index (χ2v) is 5.04. The molecule has 6 heteroatoms. The lowest BCUT2D eigenvalue weighted by molar-refractivity contribution is -0.148. The summed E-state index contributed by atoms with van der Waals surface area (Å²) in [5.41, 5.74) is -0.599. The van der Waals surface area contributed by atoms with Crippen molar-refractivity contribution in [2.45, 2.75) is 52.4 Å². The third-order valence-electron chi connectivity index (χ3n) is 1.95. The van der Waals surface area contributed by atoms with Crippen molar-refractivity contribution in [1.82, 2.24) is 5.32 Å². The average Bonchev–Trinajstić information content (AvgIpc) is 2.22. The molecule has 0 aromatic heterocycles. The second-order valence-electron chi connectivity index (χ2n) is 5.04. The fourth-order valence-corrected chi connectivity index (χ4v) is 0.936. The van der Waals surface area contributed by atoms with Crippen LogP contribution in [0, 0.1) is 0 Å². The Morgan fingerprint density at radius 1 is 1.22 bits per heavy atom. The minimum Gasteiger partial charge on any atom is -0.461 e. The van der Waals surface area contributed by atoms with Gasteiger partial charge in [0.05, 0.1) is 6.10 Å². The van der Waals surface area contributed by atoms with Gasteiger partial charge in [0.2, 0.25) is 0 Å². The molecule has 0 aromatic carbocycles. The van der Waals surface area contributed by atoms with E-state index in [-0.39, 0.29) is 12.7 Å². The highest BCUT2D eigenvalue weighted by Crippen LogP contribution is 2.06. The van der Waals surface area contributed by atoms with Gasteiger partial charge in [-0.25, -0.2) is 9.59 Å². The van der Waals surface area contributed by atoms with Crippen LogP contribution in [0.2, 0.25) is 0 Å². The molecule has 1 N–H and O–H groups in total. The minimum atomic E-state index is -0.760. The fourth-order valence-electron chi connectivity index (χ4n) is 0.936. The molecular weight excluding hydrogens is 238 g/mol. The van der Waals surface area contributed by atoms with Crippen LogP contribution in [0.1, 0.15) is 34.6 Å². The summed E-state index contributed by atoms with van der Waals surface area (Å²) in [5.74, 6) is -0.523. The molecule has 0 aliphatic heterocycles. The highest BCUT2D eigenvalue weighted by molar-refractivity contribution is 5.81. The smallest absolute Gasteiger partial charge is 0.408 e. The first kappa shape index (κ1) is 16.7. The lowest BCUT2D eigenvalue weighted by Crippen LogP contribution is -2.42. The molecule has 0 fully saturated rings. The number of carbonyl (C=O) groups is 2. The number of nitrogens with one attached hydrogen (secondary N) is 1. The van der Waals surface area contributed by atoms with E-state index < -0.39 is 23.7 Å². The van der Waals surface area contributed by atoms with Gasteiger partial charge in [-0.3, -0.25) is 0 Å². The molecule has 1 amide bonds. The number of esters is 1. The number of carbonyl (C=O) groups excluding carboxylic acids is 2. The van der Waals surface area contributed by atoms with Gasteiger partial charge in [-0.2, -0.15) is 0 Å². The Bertz CT molecular complexity index is 285. The molecule has 0 radical (unpaired) electrons. The van der Waals surface area contributed by atoms with E-state index in [1.807, 2.05) is 0 Å². The van der Waals surface area contributed by atoms with Gasteiger partial charge in [0.15, 0.2) is 0 Å². The second kappa shape index (κ2) is 7.20. The molecule has 0 aromatic rings. The lowest BCUT2D eigenvalue weighted by Gasteiger charge is -2.21. The highest BCUT2D eigenvalue weighted by atomic mass is 16.6. The Morgan fingerprint density at radius 2 is 1.78 bits per heavy atom. The van der Waals surface area contributed by atoms with Crippen LogP contribution >= 0.6 is 0 Å². The van der Waals surface area contributed by atoms with Crippen LogP contribution in [0.15, 0.2) is 0 Å². The maximum Gasteiger partial charge on any atom is 0.408 e. The molecule has 0 aliphatic rings. The van der Waals surface area contributed by atoms with Crippen molar-refractivity contribution < 1.29 is 23.8 Å². The maximum atomic E-state index is 11.5. The van der Waals surface area contributed by atoms with E-state index in [4.69, 9.17) is 14.2 Å². The fraction of sp³-hybridized carbons (Fsp3) is 0.833. The molecule has 0 saturated heterocycles. The van der Waals surface area contributed by atoms with Crippen LogP contribution < -0.4 is 5.32 Å². The number of methoxy groups -OCH3 is 1. The topological polar surface area (TPSA) is 73.9 Å². The summed E-state index contributed by atoms with van der Waals surface area (Å²) in [4.78, 5) is 22.9. The molecule has 0 spiro atoms. The van der Waals surface area contributed by atoms with Crippen molar-refractivity contribution in [2.75, 3.05) is 13.7 Å². The molecule has 0 unspecified atom stereocenters. The van der Waals surface area contributed by atoms with Gasteiger partial charge in [0.25, 0.3) is 0 Å². The Morgan fingerprint density at radius 3 is 2.22 bits per heavy atom. The third-order valence-corrected chi connectivity index (χ3v) is 1.95. The van der Waals surface area contributed by atoms with E-state index in [0.29, 0.717) is 0 Å². The van der Waals surface area contributed by atoms with Gasteiger partial charge >= 0.3 is 12.1 Å². The van der Waals surface area contributed by atoms with E-state index >= 15 is 0 Å². The summed E-state index contributed by atoms with van der Waals surface area (Å²) < 4.78 is 14.9. The number of hydrogen-bond donors (Lipinski definition) is 1. The first-order valence-corrected chi connectivity index (χ1v) is 5.84. The molecule has 6 nitrogen and oxygen atoms in total. The van der Waals surface area contributed by atoms with Crippen LogP contribution in [0.4, 0.5) is 4.79 Å². The normalized spacial score (nSPS) is 14.6. The number of hydrogen-bond acceptors (Lipinski definition) is 5. The van der Waals surface area contributed by atoms with Crippen LogP contribution in [0.5, 0.6) is 0 Å². The molecule has 0 heterocycles. The number of rotatable bonds is 5. The maximum absolute atomic E-state index is 11.5. The average molecular weight is 261 g/mol. The zero-order valence-corrected chi connectivity index (χ0v) is 11.9. The van der Waals surface area contributed by atoms with Gasteiger partial charge in [0.1, 0.15) is 18.2 Å². The van der Waals surface area contributed by atoms with Gasteiger partial charge < -0.3 is 19.5 Å². The minimum absolute atomic E-state index is 0.148. The predicted octanol–water partition coefficient (Wildman–Crippen LogP) is 1.48. The largest absolute Gasteiger partial charge is 0.461 e. The molecule has 2 atom stereocenters. The molecule has 0 aliphatic carbocycles. The zero-order valence-electron chi connectivity index (χ0n) is 11.9. The van der Waals surface area contributed by atoms with E-state index in [2.05, 4.69) is 5.32 Å². The third kappa shape index (κ3) is 7.89.